The second-order valence-corrected chi connectivity index (χ2v) is 4.47. The van der Waals surface area contributed by atoms with E-state index >= 15 is 0 Å². The van der Waals surface area contributed by atoms with Gasteiger partial charge < -0.3 is 20.0 Å². The summed E-state index contributed by atoms with van der Waals surface area (Å²) in [6.45, 7) is 4.51. The SMILES string of the molecule is CCOC1(C)C=Cc2cc(CC(=O)[O-])ccc2N1. The number of carboxylic acid groups (broad SMARTS) is 1. The van der Waals surface area contributed by atoms with Crippen molar-refractivity contribution in [3.63, 3.8) is 0 Å². The summed E-state index contributed by atoms with van der Waals surface area (Å²) in [5, 5.41) is 13.8. The molecule has 0 aliphatic carbocycles. The second-order valence-electron chi connectivity index (χ2n) is 4.47. The topological polar surface area (TPSA) is 61.4 Å². The molecule has 1 heterocycles. The van der Waals surface area contributed by atoms with Crippen molar-refractivity contribution in [2.45, 2.75) is 26.0 Å². The van der Waals surface area contributed by atoms with Crippen LogP contribution < -0.4 is 10.4 Å². The highest BCUT2D eigenvalue weighted by molar-refractivity contribution is 5.74. The predicted octanol–water partition coefficient (Wildman–Crippen LogP) is 1.17. The zero-order valence-corrected chi connectivity index (χ0v) is 10.5. The van der Waals surface area contributed by atoms with Crippen molar-refractivity contribution < 1.29 is 14.6 Å². The van der Waals surface area contributed by atoms with Gasteiger partial charge in [-0.25, -0.2) is 0 Å². The van der Waals surface area contributed by atoms with Gasteiger partial charge in [-0.3, -0.25) is 0 Å². The molecule has 18 heavy (non-hydrogen) atoms. The standard InChI is InChI=1S/C14H17NO3/c1-3-18-14(2)7-6-11-8-10(9-13(16)17)4-5-12(11)15-14/h4-8,15H,3,9H2,1-2H3,(H,16,17)/p-1. The molecule has 1 N–H and O–H groups in total. The smallest absolute Gasteiger partial charge is 0.155 e. The van der Waals surface area contributed by atoms with E-state index in [1.807, 2.05) is 38.1 Å². The Hall–Kier alpha value is -1.81. The molecule has 0 fully saturated rings. The molecular formula is C14H16NO3-. The van der Waals surface area contributed by atoms with E-state index in [1.54, 1.807) is 6.07 Å². The lowest BCUT2D eigenvalue weighted by Gasteiger charge is -2.32. The van der Waals surface area contributed by atoms with E-state index in [2.05, 4.69) is 5.32 Å². The van der Waals surface area contributed by atoms with Crippen molar-refractivity contribution in [3.8, 4) is 0 Å². The van der Waals surface area contributed by atoms with Crippen LogP contribution in [0.3, 0.4) is 0 Å². The Labute approximate surface area is 106 Å². The number of aliphatic carboxylic acids is 1. The van der Waals surface area contributed by atoms with Crippen molar-refractivity contribution in [2.24, 2.45) is 0 Å². The minimum Gasteiger partial charge on any atom is -0.550 e. The minimum atomic E-state index is -1.07. The Morgan fingerprint density at radius 3 is 2.94 bits per heavy atom. The Bertz CT molecular complexity index is 496. The van der Waals surface area contributed by atoms with Gasteiger partial charge >= 0.3 is 0 Å². The first-order chi connectivity index (χ1) is 8.52. The molecule has 0 radical (unpaired) electrons. The number of hydrogen-bond acceptors (Lipinski definition) is 4. The van der Waals surface area contributed by atoms with Gasteiger partial charge in [-0.1, -0.05) is 12.1 Å². The van der Waals surface area contributed by atoms with Gasteiger partial charge in [0.1, 0.15) is 0 Å². The summed E-state index contributed by atoms with van der Waals surface area (Å²) < 4.78 is 5.62. The summed E-state index contributed by atoms with van der Waals surface area (Å²) in [6, 6.07) is 5.50. The zero-order chi connectivity index (χ0) is 13.2. The number of benzene rings is 1. The lowest BCUT2D eigenvalue weighted by molar-refractivity contribution is -0.304. The van der Waals surface area contributed by atoms with Crippen LogP contribution in [0.4, 0.5) is 5.69 Å². The summed E-state index contributed by atoms with van der Waals surface area (Å²) in [5.41, 5.74) is 2.14. The molecule has 96 valence electrons. The molecule has 0 saturated carbocycles. The fourth-order valence-corrected chi connectivity index (χ4v) is 2.08. The lowest BCUT2D eigenvalue weighted by atomic mass is 10.0. The molecule has 0 aromatic heterocycles. The summed E-state index contributed by atoms with van der Waals surface area (Å²) in [7, 11) is 0. The quantitative estimate of drug-likeness (QED) is 0.866. The van der Waals surface area contributed by atoms with Crippen LogP contribution in [0.15, 0.2) is 24.3 Å². The lowest BCUT2D eigenvalue weighted by Crippen LogP contribution is -2.37. The fourth-order valence-electron chi connectivity index (χ4n) is 2.08. The third-order valence-electron chi connectivity index (χ3n) is 2.87. The maximum atomic E-state index is 10.6. The number of rotatable bonds is 4. The first-order valence-corrected chi connectivity index (χ1v) is 5.96. The van der Waals surface area contributed by atoms with Crippen LogP contribution in [0.2, 0.25) is 0 Å². The van der Waals surface area contributed by atoms with Crippen molar-refractivity contribution >= 4 is 17.7 Å². The van der Waals surface area contributed by atoms with Gasteiger partial charge in [0, 0.05) is 24.7 Å². The van der Waals surface area contributed by atoms with Crippen molar-refractivity contribution in [1.29, 1.82) is 0 Å². The van der Waals surface area contributed by atoms with Crippen LogP contribution in [-0.2, 0) is 16.0 Å². The number of carbonyl (C=O) groups excluding carboxylic acids is 1. The van der Waals surface area contributed by atoms with Crippen LogP contribution in [0.25, 0.3) is 6.08 Å². The summed E-state index contributed by atoms with van der Waals surface area (Å²) in [6.07, 6.45) is 3.81. The van der Waals surface area contributed by atoms with Crippen molar-refractivity contribution in [1.82, 2.24) is 0 Å². The maximum absolute atomic E-state index is 10.6. The van der Waals surface area contributed by atoms with E-state index in [1.165, 1.54) is 0 Å². The highest BCUT2D eigenvalue weighted by Gasteiger charge is 2.24. The molecular weight excluding hydrogens is 230 g/mol. The molecule has 0 saturated heterocycles. The minimum absolute atomic E-state index is 0.0656. The van der Waals surface area contributed by atoms with Crippen LogP contribution in [0.5, 0.6) is 0 Å². The molecule has 1 atom stereocenters. The van der Waals surface area contributed by atoms with Crippen molar-refractivity contribution in [3.05, 3.63) is 35.4 Å². The first-order valence-electron chi connectivity index (χ1n) is 5.96. The number of carboxylic acids is 1. The van der Waals surface area contributed by atoms with Gasteiger partial charge in [0.2, 0.25) is 0 Å². The average molecular weight is 246 g/mol. The van der Waals surface area contributed by atoms with E-state index in [-0.39, 0.29) is 6.42 Å². The Kier molecular flexibility index (Phi) is 3.39. The van der Waals surface area contributed by atoms with E-state index in [4.69, 9.17) is 4.74 Å². The summed E-state index contributed by atoms with van der Waals surface area (Å²) in [4.78, 5) is 10.6. The van der Waals surface area contributed by atoms with Crippen molar-refractivity contribution in [2.75, 3.05) is 11.9 Å². The summed E-state index contributed by atoms with van der Waals surface area (Å²) >= 11 is 0. The van der Waals surface area contributed by atoms with Gasteiger partial charge in [-0.15, -0.1) is 0 Å². The molecule has 1 aromatic rings. The third kappa shape index (κ3) is 2.71. The molecule has 2 rings (SSSR count). The third-order valence-corrected chi connectivity index (χ3v) is 2.87. The second kappa shape index (κ2) is 4.82. The molecule has 1 aromatic carbocycles. The Morgan fingerprint density at radius 2 is 2.28 bits per heavy atom. The molecule has 4 nitrogen and oxygen atoms in total. The van der Waals surface area contributed by atoms with Gasteiger partial charge in [-0.05, 0) is 43.2 Å². The van der Waals surface area contributed by atoms with Gasteiger partial charge in [0.05, 0.1) is 0 Å². The monoisotopic (exact) mass is 246 g/mol. The molecule has 0 spiro atoms. The molecule has 0 bridgehead atoms. The number of ether oxygens (including phenoxy) is 1. The molecule has 0 amide bonds. The number of anilines is 1. The van der Waals surface area contributed by atoms with Gasteiger partial charge in [-0.2, -0.15) is 0 Å². The Balaban J connectivity index is 2.24. The molecule has 1 aliphatic heterocycles. The average Bonchev–Trinajstić information content (AvgIpc) is 2.29. The van der Waals surface area contributed by atoms with E-state index in [0.29, 0.717) is 6.61 Å². The van der Waals surface area contributed by atoms with Crippen LogP contribution in [0, 0.1) is 0 Å². The predicted molar refractivity (Wildman–Crippen MR) is 67.8 cm³/mol. The highest BCUT2D eigenvalue weighted by atomic mass is 16.5. The molecule has 1 aliphatic rings. The fraction of sp³-hybridized carbons (Fsp3) is 0.357. The van der Waals surface area contributed by atoms with Crippen LogP contribution in [-0.4, -0.2) is 18.3 Å². The molecule has 1 unspecified atom stereocenters. The number of nitrogens with one attached hydrogen (secondary N) is 1. The number of carbonyl (C=O) groups is 1. The summed E-state index contributed by atoms with van der Waals surface area (Å²) in [5.74, 6) is -1.07. The van der Waals surface area contributed by atoms with E-state index in [9.17, 15) is 9.90 Å². The van der Waals surface area contributed by atoms with E-state index < -0.39 is 11.7 Å². The zero-order valence-electron chi connectivity index (χ0n) is 10.5. The Morgan fingerprint density at radius 1 is 1.50 bits per heavy atom. The molecule has 4 heteroatoms. The largest absolute Gasteiger partial charge is 0.550 e. The van der Waals surface area contributed by atoms with Gasteiger partial charge in [0.15, 0.2) is 5.72 Å². The first kappa shape index (κ1) is 12.6. The maximum Gasteiger partial charge on any atom is 0.155 e. The normalized spacial score (nSPS) is 21.2. The van der Waals surface area contributed by atoms with Gasteiger partial charge in [0.25, 0.3) is 0 Å². The van der Waals surface area contributed by atoms with Crippen LogP contribution >= 0.6 is 0 Å². The highest BCUT2D eigenvalue weighted by Crippen LogP contribution is 2.29. The van der Waals surface area contributed by atoms with E-state index in [0.717, 1.165) is 16.8 Å². The number of fused-ring (bicyclic) bond motifs is 1. The van der Waals surface area contributed by atoms with Crippen LogP contribution in [0.1, 0.15) is 25.0 Å². The number of hydrogen-bond donors (Lipinski definition) is 1.